The van der Waals surface area contributed by atoms with Crippen LogP contribution in [0.5, 0.6) is 0 Å². The van der Waals surface area contributed by atoms with Crippen molar-refractivity contribution in [2.45, 2.75) is 12.6 Å². The van der Waals surface area contributed by atoms with E-state index in [0.717, 1.165) is 19.6 Å². The van der Waals surface area contributed by atoms with Crippen LogP contribution in [0.3, 0.4) is 0 Å². The van der Waals surface area contributed by atoms with Crippen LogP contribution in [0, 0.1) is 0 Å². The van der Waals surface area contributed by atoms with Gasteiger partial charge in [-0.1, -0.05) is 6.07 Å². The first-order valence-electron chi connectivity index (χ1n) is 4.14. The van der Waals surface area contributed by atoms with Gasteiger partial charge in [0.1, 0.15) is 0 Å². The molecule has 0 amide bonds. The number of pyridine rings is 1. The third-order valence-electron chi connectivity index (χ3n) is 2.07. The summed E-state index contributed by atoms with van der Waals surface area (Å²) in [5, 5.41) is 9.04. The molecule has 1 aromatic rings. The lowest BCUT2D eigenvalue weighted by Crippen LogP contribution is -2.49. The van der Waals surface area contributed by atoms with Gasteiger partial charge < -0.3 is 5.11 Å². The van der Waals surface area contributed by atoms with Gasteiger partial charge in [0.2, 0.25) is 0 Å². The van der Waals surface area contributed by atoms with Gasteiger partial charge in [0.05, 0.1) is 6.10 Å². The number of β-amino-alcohol motifs (C(OH)–C–C–N with tert-alkyl or cyclic N) is 1. The lowest BCUT2D eigenvalue weighted by Gasteiger charge is -2.35. The summed E-state index contributed by atoms with van der Waals surface area (Å²) in [5.74, 6) is 0. The summed E-state index contributed by atoms with van der Waals surface area (Å²) in [7, 11) is 0. The molecule has 0 bridgehead atoms. The Hall–Kier alpha value is -0.350. The molecule has 14 heavy (non-hydrogen) atoms. The van der Waals surface area contributed by atoms with Crippen molar-refractivity contribution in [3.63, 3.8) is 0 Å². The van der Waals surface area contributed by atoms with Crippen LogP contribution in [0.15, 0.2) is 24.5 Å². The molecule has 0 unspecified atom stereocenters. The van der Waals surface area contributed by atoms with Crippen molar-refractivity contribution in [2.24, 2.45) is 0 Å². The standard InChI is InChI=1S/C9H12N2O.2ClH/c12-9-6-11(7-9)5-8-2-1-3-10-4-8;;/h1-4,9,12H,5-7H2;2*1H. The van der Waals surface area contributed by atoms with E-state index in [2.05, 4.69) is 16.0 Å². The molecular formula is C9H14Cl2N2O. The van der Waals surface area contributed by atoms with E-state index in [9.17, 15) is 0 Å². The van der Waals surface area contributed by atoms with Gasteiger partial charge in [0.15, 0.2) is 0 Å². The van der Waals surface area contributed by atoms with E-state index in [4.69, 9.17) is 5.11 Å². The first-order chi connectivity index (χ1) is 5.84. The van der Waals surface area contributed by atoms with Crippen LogP contribution in [-0.2, 0) is 6.54 Å². The summed E-state index contributed by atoms with van der Waals surface area (Å²) in [5.41, 5.74) is 1.21. The second-order valence-corrected chi connectivity index (χ2v) is 3.21. The largest absolute Gasteiger partial charge is 0.390 e. The Balaban J connectivity index is 0.000000845. The predicted molar refractivity (Wildman–Crippen MR) is 60.0 cm³/mol. The van der Waals surface area contributed by atoms with E-state index >= 15 is 0 Å². The zero-order valence-electron chi connectivity index (χ0n) is 7.67. The maximum absolute atomic E-state index is 9.04. The Bertz CT molecular complexity index is 252. The number of likely N-dealkylation sites (tertiary alicyclic amines) is 1. The number of rotatable bonds is 2. The van der Waals surface area contributed by atoms with Crippen LogP contribution in [0.4, 0.5) is 0 Å². The SMILES string of the molecule is Cl.Cl.OC1CN(Cc2cccnc2)C1. The third-order valence-corrected chi connectivity index (χ3v) is 2.07. The maximum Gasteiger partial charge on any atom is 0.0794 e. The zero-order valence-corrected chi connectivity index (χ0v) is 9.30. The molecule has 1 aliphatic heterocycles. The van der Waals surface area contributed by atoms with Gasteiger partial charge in [-0.2, -0.15) is 0 Å². The van der Waals surface area contributed by atoms with Crippen molar-refractivity contribution in [3.05, 3.63) is 30.1 Å². The van der Waals surface area contributed by atoms with Crippen LogP contribution in [0.1, 0.15) is 5.56 Å². The highest BCUT2D eigenvalue weighted by molar-refractivity contribution is 5.85. The Morgan fingerprint density at radius 2 is 2.14 bits per heavy atom. The number of aliphatic hydroxyl groups excluding tert-OH is 1. The van der Waals surface area contributed by atoms with E-state index < -0.39 is 0 Å². The number of nitrogens with zero attached hydrogens (tertiary/aromatic N) is 2. The van der Waals surface area contributed by atoms with Gasteiger partial charge in [-0.3, -0.25) is 9.88 Å². The minimum Gasteiger partial charge on any atom is -0.390 e. The van der Waals surface area contributed by atoms with E-state index in [1.165, 1.54) is 5.56 Å². The van der Waals surface area contributed by atoms with E-state index in [0.29, 0.717) is 0 Å². The van der Waals surface area contributed by atoms with E-state index in [1.807, 2.05) is 12.3 Å². The summed E-state index contributed by atoms with van der Waals surface area (Å²) in [4.78, 5) is 6.22. The summed E-state index contributed by atoms with van der Waals surface area (Å²) in [6.45, 7) is 2.51. The molecule has 1 fully saturated rings. The van der Waals surface area contributed by atoms with Gasteiger partial charge >= 0.3 is 0 Å². The molecule has 0 saturated carbocycles. The van der Waals surface area contributed by atoms with Crippen molar-refractivity contribution in [1.29, 1.82) is 0 Å². The fourth-order valence-corrected chi connectivity index (χ4v) is 1.42. The highest BCUT2D eigenvalue weighted by Gasteiger charge is 2.23. The minimum atomic E-state index is -0.110. The second kappa shape index (κ2) is 6.19. The van der Waals surface area contributed by atoms with Crippen LogP contribution < -0.4 is 0 Å². The van der Waals surface area contributed by atoms with Crippen LogP contribution in [0.25, 0.3) is 0 Å². The Labute approximate surface area is 96.0 Å². The average Bonchev–Trinajstić information content (AvgIpc) is 2.04. The van der Waals surface area contributed by atoms with Gasteiger partial charge in [-0.15, -0.1) is 24.8 Å². The normalized spacial score (nSPS) is 16.4. The van der Waals surface area contributed by atoms with Gasteiger partial charge in [0, 0.05) is 32.0 Å². The zero-order chi connectivity index (χ0) is 8.39. The van der Waals surface area contributed by atoms with Crippen molar-refractivity contribution in [2.75, 3.05) is 13.1 Å². The first-order valence-corrected chi connectivity index (χ1v) is 4.14. The predicted octanol–water partition coefficient (Wildman–Crippen LogP) is 1.10. The van der Waals surface area contributed by atoms with Gasteiger partial charge in [-0.25, -0.2) is 0 Å². The van der Waals surface area contributed by atoms with E-state index in [-0.39, 0.29) is 30.9 Å². The highest BCUT2D eigenvalue weighted by atomic mass is 35.5. The number of hydrogen-bond acceptors (Lipinski definition) is 3. The highest BCUT2D eigenvalue weighted by Crippen LogP contribution is 2.11. The first kappa shape index (κ1) is 13.7. The number of aliphatic hydroxyl groups is 1. The topological polar surface area (TPSA) is 36.4 Å². The van der Waals surface area contributed by atoms with Crippen LogP contribution in [-0.4, -0.2) is 34.2 Å². The molecular weight excluding hydrogens is 223 g/mol. The number of aromatic nitrogens is 1. The van der Waals surface area contributed by atoms with Crippen LogP contribution >= 0.6 is 24.8 Å². The molecule has 0 aliphatic carbocycles. The van der Waals surface area contributed by atoms with E-state index in [1.54, 1.807) is 6.20 Å². The maximum atomic E-state index is 9.04. The molecule has 1 aliphatic rings. The minimum absolute atomic E-state index is 0. The van der Waals surface area contributed by atoms with Gasteiger partial charge in [-0.05, 0) is 11.6 Å². The Morgan fingerprint density at radius 3 is 2.64 bits per heavy atom. The molecule has 3 nitrogen and oxygen atoms in total. The molecule has 5 heteroatoms. The molecule has 0 spiro atoms. The van der Waals surface area contributed by atoms with Gasteiger partial charge in [0.25, 0.3) is 0 Å². The Kier molecular flexibility index (Phi) is 6.04. The van der Waals surface area contributed by atoms with Crippen molar-refractivity contribution < 1.29 is 5.11 Å². The fraction of sp³-hybridized carbons (Fsp3) is 0.444. The van der Waals surface area contributed by atoms with Crippen LogP contribution in [0.2, 0.25) is 0 Å². The average molecular weight is 237 g/mol. The number of hydrogen-bond donors (Lipinski definition) is 1. The smallest absolute Gasteiger partial charge is 0.0794 e. The summed E-state index contributed by atoms with van der Waals surface area (Å²) in [6, 6.07) is 3.99. The third kappa shape index (κ3) is 3.42. The molecule has 1 N–H and O–H groups in total. The van der Waals surface area contributed by atoms with Crippen molar-refractivity contribution in [1.82, 2.24) is 9.88 Å². The quantitative estimate of drug-likeness (QED) is 0.836. The molecule has 0 aromatic carbocycles. The fourth-order valence-electron chi connectivity index (χ4n) is 1.42. The second-order valence-electron chi connectivity index (χ2n) is 3.21. The molecule has 80 valence electrons. The summed E-state index contributed by atoms with van der Waals surface area (Å²) < 4.78 is 0. The summed E-state index contributed by atoms with van der Waals surface area (Å²) >= 11 is 0. The lowest BCUT2D eigenvalue weighted by atomic mass is 10.1. The monoisotopic (exact) mass is 236 g/mol. The molecule has 1 saturated heterocycles. The molecule has 1 aromatic heterocycles. The molecule has 0 radical (unpaired) electrons. The van der Waals surface area contributed by atoms with Crippen molar-refractivity contribution in [3.8, 4) is 0 Å². The number of halogens is 2. The molecule has 2 rings (SSSR count). The lowest BCUT2D eigenvalue weighted by molar-refractivity contribution is -0.00291. The summed E-state index contributed by atoms with van der Waals surface area (Å²) in [6.07, 6.45) is 3.53. The molecule has 0 atom stereocenters. The Morgan fingerprint density at radius 1 is 1.43 bits per heavy atom. The van der Waals surface area contributed by atoms with Crippen molar-refractivity contribution >= 4 is 24.8 Å². The molecule has 2 heterocycles.